The van der Waals surface area contributed by atoms with Gasteiger partial charge in [-0.2, -0.15) is 5.26 Å². The summed E-state index contributed by atoms with van der Waals surface area (Å²) in [6.07, 6.45) is 2.53. The van der Waals surface area contributed by atoms with Gasteiger partial charge in [-0.3, -0.25) is 0 Å². The Kier molecular flexibility index (Phi) is 8.44. The zero-order chi connectivity index (χ0) is 15.0. The van der Waals surface area contributed by atoms with Crippen LogP contribution in [0.4, 0.5) is 0 Å². The molecule has 0 rings (SSSR count). The predicted molar refractivity (Wildman–Crippen MR) is 77.9 cm³/mol. The predicted octanol–water partition coefficient (Wildman–Crippen LogP) is 3.43. The second-order valence-electron chi connectivity index (χ2n) is 3.25. The van der Waals surface area contributed by atoms with Crippen LogP contribution in [0, 0.1) is 11.3 Å². The molecular formula is C12H10BrCl2NO3. The first-order valence-electron chi connectivity index (χ1n) is 4.90. The average molecular weight is 367 g/mol. The van der Waals surface area contributed by atoms with E-state index in [1.54, 1.807) is 0 Å². The van der Waals surface area contributed by atoms with Gasteiger partial charge in [0.25, 0.3) is 0 Å². The number of carboxylic acid groups (broad SMARTS) is 1. The van der Waals surface area contributed by atoms with E-state index in [9.17, 15) is 4.79 Å². The van der Waals surface area contributed by atoms with E-state index in [1.165, 1.54) is 12.2 Å². The molecule has 0 heterocycles. The van der Waals surface area contributed by atoms with Gasteiger partial charge in [-0.1, -0.05) is 29.8 Å². The maximum Gasteiger partial charge on any atom is 0.331 e. The first-order valence-corrected chi connectivity index (χ1v) is 6.45. The molecule has 0 aliphatic rings. The van der Waals surface area contributed by atoms with Crippen molar-refractivity contribution in [3.05, 3.63) is 44.4 Å². The van der Waals surface area contributed by atoms with Gasteiger partial charge in [0.2, 0.25) is 0 Å². The summed E-state index contributed by atoms with van der Waals surface area (Å²) < 4.78 is 0.0112. The number of aliphatic carboxylic acids is 1. The Labute approximate surface area is 129 Å². The third-order valence-corrected chi connectivity index (χ3v) is 2.75. The third-order valence-electron chi connectivity index (χ3n) is 1.93. The fraction of sp³-hybridized carbons (Fsp3) is 0.167. The van der Waals surface area contributed by atoms with Crippen LogP contribution >= 0.6 is 39.1 Å². The van der Waals surface area contributed by atoms with Crippen molar-refractivity contribution in [1.82, 2.24) is 0 Å². The van der Waals surface area contributed by atoms with Crippen molar-refractivity contribution in [2.75, 3.05) is 6.61 Å². The molecule has 0 aromatic carbocycles. The summed E-state index contributed by atoms with van der Waals surface area (Å²) in [4.78, 5) is 10.9. The summed E-state index contributed by atoms with van der Waals surface area (Å²) in [6.45, 7) is 3.34. The second-order valence-corrected chi connectivity index (χ2v) is 5.06. The molecule has 0 fully saturated rings. The molecule has 2 N–H and O–H groups in total. The van der Waals surface area contributed by atoms with Gasteiger partial charge >= 0.3 is 5.97 Å². The lowest BCUT2D eigenvalue weighted by Crippen LogP contribution is -2.03. The summed E-state index contributed by atoms with van der Waals surface area (Å²) in [6, 6.07) is 1.81. The SMILES string of the molecule is C=C(C=C(CCO)C(=O)O)C(C=C(Br)C#N)=C(Cl)Cl. The molecule has 0 aliphatic heterocycles. The molecule has 0 aliphatic carbocycles. The van der Waals surface area contributed by atoms with E-state index in [4.69, 9.17) is 38.7 Å². The minimum Gasteiger partial charge on any atom is -0.478 e. The molecule has 0 bridgehead atoms. The highest BCUT2D eigenvalue weighted by Gasteiger charge is 2.10. The highest BCUT2D eigenvalue weighted by Crippen LogP contribution is 2.26. The molecule has 0 aromatic rings. The minimum atomic E-state index is -1.18. The van der Waals surface area contributed by atoms with E-state index in [0.29, 0.717) is 0 Å². The summed E-state index contributed by atoms with van der Waals surface area (Å²) in [5.74, 6) is -1.18. The first kappa shape index (κ1) is 17.9. The van der Waals surface area contributed by atoms with Crippen LogP contribution in [0.2, 0.25) is 0 Å². The number of aliphatic hydroxyl groups excluding tert-OH is 1. The largest absolute Gasteiger partial charge is 0.478 e. The van der Waals surface area contributed by atoms with Crippen LogP contribution < -0.4 is 0 Å². The smallest absolute Gasteiger partial charge is 0.331 e. The van der Waals surface area contributed by atoms with E-state index < -0.39 is 5.97 Å². The van der Waals surface area contributed by atoms with Crippen molar-refractivity contribution in [2.24, 2.45) is 0 Å². The molecule has 0 radical (unpaired) electrons. The number of rotatable bonds is 6. The standard InChI is InChI=1S/C12H10BrCl2NO3/c1-7(4-8(2-3-17)12(18)19)10(11(14)15)5-9(13)6-16/h4-5,17H,1-3H2,(H,18,19). The summed E-state index contributed by atoms with van der Waals surface area (Å²) in [7, 11) is 0. The Morgan fingerprint density at radius 1 is 1.42 bits per heavy atom. The van der Waals surface area contributed by atoms with Crippen LogP contribution in [0.15, 0.2) is 44.4 Å². The molecule has 0 saturated heterocycles. The highest BCUT2D eigenvalue weighted by molar-refractivity contribution is 9.12. The van der Waals surface area contributed by atoms with E-state index in [0.717, 1.165) is 0 Å². The Bertz CT molecular complexity index is 512. The van der Waals surface area contributed by atoms with Crippen LogP contribution in [0.5, 0.6) is 0 Å². The van der Waals surface area contributed by atoms with E-state index in [-0.39, 0.29) is 38.7 Å². The number of halogens is 3. The molecule has 0 amide bonds. The maximum atomic E-state index is 10.9. The normalized spacial score (nSPS) is 11.7. The third kappa shape index (κ3) is 6.60. The lowest BCUT2D eigenvalue weighted by molar-refractivity contribution is -0.132. The minimum absolute atomic E-state index is 0.0370. The number of carboxylic acids is 1. The Hall–Kier alpha value is -1.06. The fourth-order valence-corrected chi connectivity index (χ4v) is 1.66. The van der Waals surface area contributed by atoms with Gasteiger partial charge in [-0.25, -0.2) is 4.79 Å². The Morgan fingerprint density at radius 3 is 2.37 bits per heavy atom. The molecule has 4 nitrogen and oxygen atoms in total. The zero-order valence-corrected chi connectivity index (χ0v) is 12.8. The number of nitriles is 1. The quantitative estimate of drug-likeness (QED) is 0.428. The number of carbonyl (C=O) groups is 1. The molecule has 0 saturated carbocycles. The van der Waals surface area contributed by atoms with Crippen LogP contribution in [0.3, 0.4) is 0 Å². The van der Waals surface area contributed by atoms with E-state index in [2.05, 4.69) is 22.5 Å². The van der Waals surface area contributed by atoms with Gasteiger partial charge in [-0.15, -0.1) is 0 Å². The molecule has 7 heteroatoms. The van der Waals surface area contributed by atoms with E-state index in [1.807, 2.05) is 6.07 Å². The van der Waals surface area contributed by atoms with Crippen molar-refractivity contribution in [3.63, 3.8) is 0 Å². The van der Waals surface area contributed by atoms with Crippen LogP contribution in [-0.2, 0) is 4.79 Å². The summed E-state index contributed by atoms with van der Waals surface area (Å²) in [5.41, 5.74) is 0.396. The lowest BCUT2D eigenvalue weighted by atomic mass is 10.0. The topological polar surface area (TPSA) is 81.3 Å². The van der Waals surface area contributed by atoms with Crippen LogP contribution in [-0.4, -0.2) is 22.8 Å². The molecular weight excluding hydrogens is 357 g/mol. The number of hydrogen-bond acceptors (Lipinski definition) is 3. The maximum absolute atomic E-state index is 10.9. The number of hydrogen-bond donors (Lipinski definition) is 2. The average Bonchev–Trinajstić information content (AvgIpc) is 2.34. The van der Waals surface area contributed by atoms with E-state index >= 15 is 0 Å². The first-order chi connectivity index (χ1) is 8.83. The fourth-order valence-electron chi connectivity index (χ4n) is 1.08. The molecule has 0 unspecified atom stereocenters. The van der Waals surface area contributed by atoms with Crippen molar-refractivity contribution >= 4 is 45.1 Å². The number of aliphatic hydroxyl groups is 1. The summed E-state index contributed by atoms with van der Waals surface area (Å²) >= 11 is 14.3. The highest BCUT2D eigenvalue weighted by atomic mass is 79.9. The van der Waals surface area contributed by atoms with Crippen molar-refractivity contribution < 1.29 is 15.0 Å². The zero-order valence-electron chi connectivity index (χ0n) is 9.66. The number of allylic oxidation sites excluding steroid dienone is 5. The molecule has 0 atom stereocenters. The number of nitrogens with zero attached hydrogens (tertiary/aromatic N) is 1. The van der Waals surface area contributed by atoms with Gasteiger partial charge in [0.15, 0.2) is 0 Å². The van der Waals surface area contributed by atoms with Gasteiger partial charge in [0.1, 0.15) is 10.6 Å². The second kappa shape index (κ2) is 8.94. The molecule has 19 heavy (non-hydrogen) atoms. The van der Waals surface area contributed by atoms with Crippen molar-refractivity contribution in [1.29, 1.82) is 5.26 Å². The van der Waals surface area contributed by atoms with Gasteiger partial charge < -0.3 is 10.2 Å². The lowest BCUT2D eigenvalue weighted by Gasteiger charge is -2.05. The monoisotopic (exact) mass is 365 g/mol. The molecule has 0 spiro atoms. The molecule has 0 aromatic heterocycles. The van der Waals surface area contributed by atoms with Gasteiger partial charge in [0.05, 0.1) is 4.48 Å². The van der Waals surface area contributed by atoms with Crippen LogP contribution in [0.1, 0.15) is 6.42 Å². The van der Waals surface area contributed by atoms with Crippen molar-refractivity contribution in [2.45, 2.75) is 6.42 Å². The van der Waals surface area contributed by atoms with Crippen molar-refractivity contribution in [3.8, 4) is 6.07 Å². The summed E-state index contributed by atoms with van der Waals surface area (Å²) in [5, 5.41) is 26.3. The van der Waals surface area contributed by atoms with Gasteiger partial charge in [-0.05, 0) is 33.7 Å². The van der Waals surface area contributed by atoms with Gasteiger partial charge in [0, 0.05) is 24.2 Å². The Balaban J connectivity index is 5.49. The Morgan fingerprint density at radius 2 is 2.00 bits per heavy atom. The van der Waals surface area contributed by atoms with Crippen LogP contribution in [0.25, 0.3) is 0 Å². The molecule has 102 valence electrons.